The second-order valence-electron chi connectivity index (χ2n) is 4.46. The number of aromatic nitrogens is 2. The number of nitrogens with zero attached hydrogens (tertiary/aromatic N) is 2. The van der Waals surface area contributed by atoms with E-state index in [2.05, 4.69) is 45.3 Å². The number of hydrogen-bond donors (Lipinski definition) is 1. The van der Waals surface area contributed by atoms with Crippen LogP contribution in [0.15, 0.2) is 27.1 Å². The van der Waals surface area contributed by atoms with E-state index in [1.165, 1.54) is 0 Å². The van der Waals surface area contributed by atoms with Gasteiger partial charge in [0.25, 0.3) is 5.89 Å². The predicted octanol–water partition coefficient (Wildman–Crippen LogP) is 3.18. The molecule has 0 amide bonds. The monoisotopic (exact) mass is 327 g/mol. The number of rotatable bonds is 5. The van der Waals surface area contributed by atoms with Crippen LogP contribution in [0.4, 0.5) is 4.39 Å². The molecular weight excluding hydrogens is 313 g/mol. The summed E-state index contributed by atoms with van der Waals surface area (Å²) >= 11 is 3.13. The minimum absolute atomic E-state index is 0.207. The van der Waals surface area contributed by atoms with Gasteiger partial charge < -0.3 is 9.73 Å². The molecule has 1 heterocycles. The molecule has 0 bridgehead atoms. The lowest BCUT2D eigenvalue weighted by molar-refractivity contribution is 0.481. The van der Waals surface area contributed by atoms with Gasteiger partial charge in [0.1, 0.15) is 5.82 Å². The van der Waals surface area contributed by atoms with Gasteiger partial charge in [-0.15, -0.1) is 10.2 Å². The van der Waals surface area contributed by atoms with E-state index in [4.69, 9.17) is 4.42 Å². The van der Waals surface area contributed by atoms with Crippen LogP contribution in [-0.4, -0.2) is 22.8 Å². The first-order valence-corrected chi connectivity index (χ1v) is 6.87. The van der Waals surface area contributed by atoms with Crippen LogP contribution in [0.2, 0.25) is 0 Å². The van der Waals surface area contributed by atoms with Crippen molar-refractivity contribution in [2.24, 2.45) is 0 Å². The Balaban J connectivity index is 2.10. The molecule has 6 heteroatoms. The van der Waals surface area contributed by atoms with Gasteiger partial charge in [-0.3, -0.25) is 0 Å². The quantitative estimate of drug-likeness (QED) is 0.916. The van der Waals surface area contributed by atoms with Crippen molar-refractivity contribution in [2.45, 2.75) is 26.3 Å². The van der Waals surface area contributed by atoms with Crippen molar-refractivity contribution in [3.05, 3.63) is 34.4 Å². The Morgan fingerprint density at radius 1 is 1.37 bits per heavy atom. The minimum atomic E-state index is -0.391. The molecule has 0 saturated carbocycles. The van der Waals surface area contributed by atoms with Gasteiger partial charge in [0.2, 0.25) is 5.89 Å². The van der Waals surface area contributed by atoms with Crippen molar-refractivity contribution < 1.29 is 8.81 Å². The van der Waals surface area contributed by atoms with Crippen LogP contribution >= 0.6 is 15.9 Å². The Labute approximate surface area is 119 Å². The molecule has 1 aromatic heterocycles. The maximum Gasteiger partial charge on any atom is 0.250 e. The highest BCUT2D eigenvalue weighted by Crippen LogP contribution is 2.26. The fourth-order valence-corrected chi connectivity index (χ4v) is 1.97. The van der Waals surface area contributed by atoms with Gasteiger partial charge in [0.05, 0.1) is 10.0 Å². The second-order valence-corrected chi connectivity index (χ2v) is 5.32. The predicted molar refractivity (Wildman–Crippen MR) is 74.2 cm³/mol. The molecule has 2 aromatic rings. The molecule has 0 aliphatic carbocycles. The van der Waals surface area contributed by atoms with E-state index in [0.29, 0.717) is 28.4 Å². The van der Waals surface area contributed by atoms with Crippen LogP contribution in [0, 0.1) is 5.82 Å². The lowest BCUT2D eigenvalue weighted by Crippen LogP contribution is -2.25. The maximum atomic E-state index is 13.9. The highest BCUT2D eigenvalue weighted by molar-refractivity contribution is 9.10. The zero-order chi connectivity index (χ0) is 13.8. The Hall–Kier alpha value is -1.27. The fourth-order valence-electron chi connectivity index (χ4n) is 1.60. The van der Waals surface area contributed by atoms with Gasteiger partial charge in [0.15, 0.2) is 0 Å². The molecule has 0 spiro atoms. The maximum absolute atomic E-state index is 13.9. The molecule has 0 fully saturated rings. The molecule has 0 aliphatic rings. The Morgan fingerprint density at radius 3 is 2.89 bits per heavy atom. The summed E-state index contributed by atoms with van der Waals surface area (Å²) in [6.45, 7) is 4.88. The first kappa shape index (κ1) is 14.1. The summed E-state index contributed by atoms with van der Waals surface area (Å²) in [5.74, 6) is 0.318. The van der Waals surface area contributed by atoms with Gasteiger partial charge in [-0.1, -0.05) is 19.9 Å². The van der Waals surface area contributed by atoms with Crippen molar-refractivity contribution in [1.82, 2.24) is 15.5 Å². The standard InChI is InChI=1S/C13H15BrFN3O/c1-8(2)16-7-6-11-17-18-13(19-11)9-4-3-5-10(14)12(9)15/h3-5,8,16H,6-7H2,1-2H3. The van der Waals surface area contributed by atoms with Crippen molar-refractivity contribution >= 4 is 15.9 Å². The van der Waals surface area contributed by atoms with E-state index in [1.807, 2.05) is 0 Å². The van der Waals surface area contributed by atoms with Crippen LogP contribution in [0.3, 0.4) is 0 Å². The van der Waals surface area contributed by atoms with E-state index in [1.54, 1.807) is 18.2 Å². The van der Waals surface area contributed by atoms with Crippen molar-refractivity contribution in [3.8, 4) is 11.5 Å². The summed E-state index contributed by atoms with van der Waals surface area (Å²) in [5.41, 5.74) is 0.310. The number of nitrogens with one attached hydrogen (secondary N) is 1. The molecule has 0 aliphatic heterocycles. The van der Waals surface area contributed by atoms with Crippen molar-refractivity contribution in [2.75, 3.05) is 6.54 Å². The van der Waals surface area contributed by atoms with E-state index in [9.17, 15) is 4.39 Å². The fraction of sp³-hybridized carbons (Fsp3) is 0.385. The van der Waals surface area contributed by atoms with Gasteiger partial charge in [-0.25, -0.2) is 4.39 Å². The van der Waals surface area contributed by atoms with Crippen LogP contribution in [-0.2, 0) is 6.42 Å². The molecule has 1 aromatic carbocycles. The van der Waals surface area contributed by atoms with E-state index < -0.39 is 5.82 Å². The van der Waals surface area contributed by atoms with Crippen LogP contribution < -0.4 is 5.32 Å². The third-order valence-corrected chi connectivity index (χ3v) is 3.15. The number of halogens is 2. The molecule has 4 nitrogen and oxygen atoms in total. The summed E-state index contributed by atoms with van der Waals surface area (Å²) < 4.78 is 19.7. The highest BCUT2D eigenvalue weighted by Gasteiger charge is 2.14. The third kappa shape index (κ3) is 3.61. The largest absolute Gasteiger partial charge is 0.421 e. The first-order valence-electron chi connectivity index (χ1n) is 6.08. The van der Waals surface area contributed by atoms with Crippen LogP contribution in [0.25, 0.3) is 11.5 Å². The zero-order valence-corrected chi connectivity index (χ0v) is 12.4. The average Bonchev–Trinajstić information content (AvgIpc) is 2.81. The summed E-state index contributed by atoms with van der Waals surface area (Å²) in [7, 11) is 0. The third-order valence-electron chi connectivity index (χ3n) is 2.54. The Kier molecular flexibility index (Phi) is 4.66. The van der Waals surface area contributed by atoms with Crippen molar-refractivity contribution in [3.63, 3.8) is 0 Å². The van der Waals surface area contributed by atoms with Crippen LogP contribution in [0.1, 0.15) is 19.7 Å². The Morgan fingerprint density at radius 2 is 2.16 bits per heavy atom. The van der Waals surface area contributed by atoms with E-state index in [-0.39, 0.29) is 5.89 Å². The minimum Gasteiger partial charge on any atom is -0.421 e. The second kappa shape index (κ2) is 6.25. The smallest absolute Gasteiger partial charge is 0.250 e. The lowest BCUT2D eigenvalue weighted by atomic mass is 10.2. The van der Waals surface area contributed by atoms with E-state index >= 15 is 0 Å². The highest BCUT2D eigenvalue weighted by atomic mass is 79.9. The van der Waals surface area contributed by atoms with Gasteiger partial charge in [-0.05, 0) is 28.1 Å². The average molecular weight is 328 g/mol. The van der Waals surface area contributed by atoms with E-state index in [0.717, 1.165) is 6.54 Å². The van der Waals surface area contributed by atoms with Gasteiger partial charge >= 0.3 is 0 Å². The summed E-state index contributed by atoms with van der Waals surface area (Å²) in [6, 6.07) is 5.38. The SMILES string of the molecule is CC(C)NCCc1nnc(-c2cccc(Br)c2F)o1. The molecular formula is C13H15BrFN3O. The molecule has 0 radical (unpaired) electrons. The zero-order valence-electron chi connectivity index (χ0n) is 10.8. The summed E-state index contributed by atoms with van der Waals surface area (Å²) in [6.07, 6.45) is 0.626. The summed E-state index contributed by atoms with van der Waals surface area (Å²) in [4.78, 5) is 0. The number of benzene rings is 1. The molecule has 19 heavy (non-hydrogen) atoms. The molecule has 0 saturated heterocycles. The first-order chi connectivity index (χ1) is 9.08. The van der Waals surface area contributed by atoms with Gasteiger partial charge in [-0.2, -0.15) is 0 Å². The summed E-state index contributed by atoms with van der Waals surface area (Å²) in [5, 5.41) is 11.1. The van der Waals surface area contributed by atoms with Crippen molar-refractivity contribution in [1.29, 1.82) is 0 Å². The lowest BCUT2D eigenvalue weighted by Gasteiger charge is -2.04. The molecule has 0 atom stereocenters. The number of hydrogen-bond acceptors (Lipinski definition) is 4. The topological polar surface area (TPSA) is 51.0 Å². The Bertz CT molecular complexity index is 557. The molecule has 102 valence electrons. The van der Waals surface area contributed by atoms with Gasteiger partial charge in [0, 0.05) is 19.0 Å². The van der Waals surface area contributed by atoms with Crippen LogP contribution in [0.5, 0.6) is 0 Å². The molecule has 1 N–H and O–H groups in total. The molecule has 0 unspecified atom stereocenters. The molecule has 2 rings (SSSR count). The normalized spacial score (nSPS) is 11.2.